The Balaban J connectivity index is 2.09. The molecule has 1 aromatic carbocycles. The smallest absolute Gasteiger partial charge is 0.254 e. The van der Waals surface area contributed by atoms with Gasteiger partial charge in [0.2, 0.25) is 0 Å². The number of nitrogens with one attached hydrogen (secondary N) is 1. The van der Waals surface area contributed by atoms with Gasteiger partial charge in [-0.1, -0.05) is 28.8 Å². The summed E-state index contributed by atoms with van der Waals surface area (Å²) in [6.07, 6.45) is 4.19. The standard InChI is InChI=1S/C14H18BrFN2O/c15-10-5-6-12(16)11(7-10)14(19)18-13-4-2-1-3-9(13)8-17/h5-7,9,13H,1-4,8,17H2,(H,18,19). The highest BCUT2D eigenvalue weighted by atomic mass is 79.9. The Bertz CT molecular complexity index is 467. The zero-order valence-corrected chi connectivity index (χ0v) is 12.2. The van der Waals surface area contributed by atoms with Gasteiger partial charge < -0.3 is 11.1 Å². The first-order valence-corrected chi connectivity index (χ1v) is 7.37. The zero-order chi connectivity index (χ0) is 13.8. The number of hydrogen-bond acceptors (Lipinski definition) is 2. The number of halogens is 2. The first-order chi connectivity index (χ1) is 9.11. The Kier molecular flexibility index (Phi) is 4.93. The van der Waals surface area contributed by atoms with Crippen molar-refractivity contribution in [1.29, 1.82) is 0 Å². The summed E-state index contributed by atoms with van der Waals surface area (Å²) < 4.78 is 14.3. The van der Waals surface area contributed by atoms with Gasteiger partial charge >= 0.3 is 0 Å². The Labute approximate surface area is 120 Å². The molecule has 3 nitrogen and oxygen atoms in total. The quantitative estimate of drug-likeness (QED) is 0.896. The number of rotatable bonds is 3. The van der Waals surface area contributed by atoms with Gasteiger partial charge in [-0.2, -0.15) is 0 Å². The molecule has 1 aromatic rings. The number of hydrogen-bond donors (Lipinski definition) is 2. The molecule has 0 saturated heterocycles. The summed E-state index contributed by atoms with van der Waals surface area (Å²) >= 11 is 3.25. The van der Waals surface area contributed by atoms with Crippen LogP contribution >= 0.6 is 15.9 Å². The minimum absolute atomic E-state index is 0.0598. The molecular formula is C14H18BrFN2O. The van der Waals surface area contributed by atoms with Crippen LogP contribution in [0.15, 0.2) is 22.7 Å². The molecule has 1 aliphatic rings. The molecule has 0 bridgehead atoms. The third-order valence-corrected chi connectivity index (χ3v) is 4.19. The van der Waals surface area contributed by atoms with Gasteiger partial charge in [-0.05, 0) is 43.5 Å². The SMILES string of the molecule is NCC1CCCCC1NC(=O)c1cc(Br)ccc1F. The lowest BCUT2D eigenvalue weighted by Gasteiger charge is -2.31. The van der Waals surface area contributed by atoms with E-state index in [-0.39, 0.29) is 17.5 Å². The van der Waals surface area contributed by atoms with Gasteiger partial charge in [-0.15, -0.1) is 0 Å². The van der Waals surface area contributed by atoms with Crippen LogP contribution in [-0.2, 0) is 0 Å². The van der Waals surface area contributed by atoms with Crippen LogP contribution in [0.1, 0.15) is 36.0 Å². The molecule has 104 valence electrons. The number of carbonyl (C=O) groups is 1. The maximum atomic E-state index is 13.6. The predicted octanol–water partition coefficient (Wildman–Crippen LogP) is 2.84. The average molecular weight is 329 g/mol. The molecule has 0 heterocycles. The summed E-state index contributed by atoms with van der Waals surface area (Å²) in [5.41, 5.74) is 5.81. The van der Waals surface area contributed by atoms with Gasteiger partial charge in [-0.3, -0.25) is 4.79 Å². The predicted molar refractivity (Wildman–Crippen MR) is 76.4 cm³/mol. The number of nitrogens with two attached hydrogens (primary N) is 1. The van der Waals surface area contributed by atoms with Crippen LogP contribution in [0.3, 0.4) is 0 Å². The maximum absolute atomic E-state index is 13.6. The number of benzene rings is 1. The van der Waals surface area contributed by atoms with E-state index < -0.39 is 5.82 Å². The van der Waals surface area contributed by atoms with Crippen LogP contribution in [0.4, 0.5) is 4.39 Å². The van der Waals surface area contributed by atoms with E-state index in [0.29, 0.717) is 16.9 Å². The fraction of sp³-hybridized carbons (Fsp3) is 0.500. The second kappa shape index (κ2) is 6.48. The summed E-state index contributed by atoms with van der Waals surface area (Å²) in [6.45, 7) is 0.561. The molecule has 1 fully saturated rings. The highest BCUT2D eigenvalue weighted by Gasteiger charge is 2.26. The third-order valence-electron chi connectivity index (χ3n) is 3.70. The van der Waals surface area contributed by atoms with E-state index in [1.807, 2.05) is 0 Å². The molecule has 0 spiro atoms. The van der Waals surface area contributed by atoms with E-state index in [2.05, 4.69) is 21.2 Å². The maximum Gasteiger partial charge on any atom is 0.254 e. The lowest BCUT2D eigenvalue weighted by Crippen LogP contribution is -2.44. The Morgan fingerprint density at radius 1 is 1.42 bits per heavy atom. The fourth-order valence-corrected chi connectivity index (χ4v) is 2.96. The molecule has 0 aliphatic heterocycles. The van der Waals surface area contributed by atoms with Crippen molar-refractivity contribution in [2.75, 3.05) is 6.54 Å². The van der Waals surface area contributed by atoms with E-state index >= 15 is 0 Å². The summed E-state index contributed by atoms with van der Waals surface area (Å²) in [5, 5.41) is 2.92. The molecule has 2 atom stereocenters. The van der Waals surface area contributed by atoms with E-state index in [1.54, 1.807) is 6.07 Å². The molecular weight excluding hydrogens is 311 g/mol. The van der Waals surface area contributed by atoms with Crippen LogP contribution in [-0.4, -0.2) is 18.5 Å². The van der Waals surface area contributed by atoms with Crippen molar-refractivity contribution in [3.8, 4) is 0 Å². The summed E-state index contributed by atoms with van der Waals surface area (Å²) in [7, 11) is 0. The number of amides is 1. The Morgan fingerprint density at radius 2 is 2.16 bits per heavy atom. The fourth-order valence-electron chi connectivity index (χ4n) is 2.60. The van der Waals surface area contributed by atoms with Crippen LogP contribution in [0.25, 0.3) is 0 Å². The van der Waals surface area contributed by atoms with Crippen molar-refractivity contribution in [2.45, 2.75) is 31.7 Å². The van der Waals surface area contributed by atoms with Gasteiger partial charge in [0.1, 0.15) is 5.82 Å². The molecule has 1 amide bonds. The van der Waals surface area contributed by atoms with E-state index in [1.165, 1.54) is 12.1 Å². The van der Waals surface area contributed by atoms with E-state index in [4.69, 9.17) is 5.73 Å². The van der Waals surface area contributed by atoms with Gasteiger partial charge in [0.15, 0.2) is 0 Å². The van der Waals surface area contributed by atoms with Crippen LogP contribution < -0.4 is 11.1 Å². The number of carbonyl (C=O) groups excluding carboxylic acids is 1. The second-order valence-electron chi connectivity index (χ2n) is 4.98. The van der Waals surface area contributed by atoms with Crippen LogP contribution in [0.2, 0.25) is 0 Å². The van der Waals surface area contributed by atoms with Crippen LogP contribution in [0, 0.1) is 11.7 Å². The molecule has 2 unspecified atom stereocenters. The normalized spacial score (nSPS) is 23.1. The van der Waals surface area contributed by atoms with Gasteiger partial charge in [0.25, 0.3) is 5.91 Å². The molecule has 5 heteroatoms. The van der Waals surface area contributed by atoms with Crippen molar-refractivity contribution in [3.63, 3.8) is 0 Å². The minimum atomic E-state index is -0.499. The van der Waals surface area contributed by atoms with Gasteiger partial charge in [0.05, 0.1) is 5.56 Å². The van der Waals surface area contributed by atoms with Crippen LogP contribution in [0.5, 0.6) is 0 Å². The second-order valence-corrected chi connectivity index (χ2v) is 5.90. The first kappa shape index (κ1) is 14.5. The minimum Gasteiger partial charge on any atom is -0.349 e. The molecule has 1 aliphatic carbocycles. The van der Waals surface area contributed by atoms with Crippen molar-refractivity contribution < 1.29 is 9.18 Å². The Hall–Kier alpha value is -0.940. The van der Waals surface area contributed by atoms with Gasteiger partial charge in [0, 0.05) is 10.5 Å². The summed E-state index contributed by atoms with van der Waals surface area (Å²) in [5.74, 6) is -0.558. The highest BCUT2D eigenvalue weighted by Crippen LogP contribution is 2.24. The summed E-state index contributed by atoms with van der Waals surface area (Å²) in [6, 6.07) is 4.44. The average Bonchev–Trinajstić information content (AvgIpc) is 2.42. The van der Waals surface area contributed by atoms with Crippen molar-refractivity contribution in [3.05, 3.63) is 34.1 Å². The van der Waals surface area contributed by atoms with Crippen molar-refractivity contribution >= 4 is 21.8 Å². The first-order valence-electron chi connectivity index (χ1n) is 6.58. The van der Waals surface area contributed by atoms with Crippen molar-refractivity contribution in [2.24, 2.45) is 11.7 Å². The highest BCUT2D eigenvalue weighted by molar-refractivity contribution is 9.10. The van der Waals surface area contributed by atoms with Crippen molar-refractivity contribution in [1.82, 2.24) is 5.32 Å². The van der Waals surface area contributed by atoms with E-state index in [9.17, 15) is 9.18 Å². The Morgan fingerprint density at radius 3 is 2.89 bits per heavy atom. The molecule has 1 saturated carbocycles. The van der Waals surface area contributed by atoms with Gasteiger partial charge in [-0.25, -0.2) is 4.39 Å². The summed E-state index contributed by atoms with van der Waals surface area (Å²) in [4.78, 5) is 12.1. The third kappa shape index (κ3) is 3.54. The molecule has 0 aromatic heterocycles. The lowest BCUT2D eigenvalue weighted by molar-refractivity contribution is 0.0904. The molecule has 2 rings (SSSR count). The monoisotopic (exact) mass is 328 g/mol. The van der Waals surface area contributed by atoms with E-state index in [0.717, 1.165) is 25.7 Å². The lowest BCUT2D eigenvalue weighted by atomic mass is 9.84. The molecule has 0 radical (unpaired) electrons. The largest absolute Gasteiger partial charge is 0.349 e. The molecule has 19 heavy (non-hydrogen) atoms. The molecule has 3 N–H and O–H groups in total. The topological polar surface area (TPSA) is 55.1 Å². The zero-order valence-electron chi connectivity index (χ0n) is 10.7.